The van der Waals surface area contributed by atoms with Gasteiger partial charge in [-0.25, -0.2) is 0 Å². The first-order valence-corrected chi connectivity index (χ1v) is 12.6. The van der Waals surface area contributed by atoms with Gasteiger partial charge in [0.15, 0.2) is 17.2 Å². The predicted octanol–water partition coefficient (Wildman–Crippen LogP) is 5.01. The molecule has 0 unspecified atom stereocenters. The Morgan fingerprint density at radius 3 is 2.70 bits per heavy atom. The SMILES string of the molecule is COc1cc([C@H]2Oc3nc(SCc4ccccc4)nnc3-c3ccccc3N2C(C)=O)cc2c1OCO2. The van der Waals surface area contributed by atoms with Crippen molar-refractivity contribution in [3.8, 4) is 34.4 Å². The van der Waals surface area contributed by atoms with Crippen LogP contribution < -0.4 is 23.8 Å². The molecule has 0 N–H and O–H groups in total. The Bertz CT molecular complexity index is 1480. The first kappa shape index (κ1) is 23.1. The molecular weight excluding hydrogens is 492 g/mol. The number of nitrogens with zero attached hydrogens (tertiary/aromatic N) is 4. The van der Waals surface area contributed by atoms with Gasteiger partial charge in [0.1, 0.15) is 0 Å². The van der Waals surface area contributed by atoms with E-state index in [1.807, 2.05) is 54.6 Å². The van der Waals surface area contributed by atoms with Crippen molar-refractivity contribution in [2.24, 2.45) is 0 Å². The molecule has 0 fully saturated rings. The van der Waals surface area contributed by atoms with E-state index in [0.29, 0.717) is 50.7 Å². The minimum atomic E-state index is -0.869. The Hall–Kier alpha value is -4.31. The number of aromatic nitrogens is 3. The molecule has 2 aliphatic rings. The van der Waals surface area contributed by atoms with Gasteiger partial charge in [0, 0.05) is 23.8 Å². The Morgan fingerprint density at radius 1 is 1.08 bits per heavy atom. The third kappa shape index (κ3) is 4.29. The summed E-state index contributed by atoms with van der Waals surface area (Å²) < 4.78 is 23.2. The van der Waals surface area contributed by atoms with Crippen molar-refractivity contribution in [3.63, 3.8) is 0 Å². The highest BCUT2D eigenvalue weighted by Crippen LogP contribution is 2.47. The number of ether oxygens (including phenoxy) is 4. The van der Waals surface area contributed by atoms with E-state index in [1.165, 1.54) is 18.7 Å². The van der Waals surface area contributed by atoms with Gasteiger partial charge in [0.2, 0.25) is 35.7 Å². The molecule has 1 atom stereocenters. The van der Waals surface area contributed by atoms with E-state index in [-0.39, 0.29) is 18.6 Å². The zero-order chi connectivity index (χ0) is 25.4. The van der Waals surface area contributed by atoms with Crippen LogP contribution in [0.15, 0.2) is 71.9 Å². The minimum absolute atomic E-state index is 0.0852. The molecule has 2 aliphatic heterocycles. The highest BCUT2D eigenvalue weighted by atomic mass is 32.2. The lowest BCUT2D eigenvalue weighted by atomic mass is 10.1. The van der Waals surface area contributed by atoms with Gasteiger partial charge in [0.05, 0.1) is 12.8 Å². The third-order valence-corrected chi connectivity index (χ3v) is 6.94. The molecule has 0 radical (unpaired) electrons. The Balaban J connectivity index is 1.45. The highest BCUT2D eigenvalue weighted by Gasteiger charge is 2.36. The maximum atomic E-state index is 13.1. The van der Waals surface area contributed by atoms with Crippen LogP contribution in [0.4, 0.5) is 5.69 Å². The standard InChI is InChI=1S/C27H22N4O5S/c1-16(32)31-20-11-7-6-10-19(20)23-25(28-27(30-29-23)37-14-17-8-4-3-5-9-17)36-26(31)18-12-21(33-2)24-22(13-18)34-15-35-24/h3-13,26H,14-15H2,1-2H3/t26-/m1/s1. The van der Waals surface area contributed by atoms with Gasteiger partial charge in [-0.2, -0.15) is 4.98 Å². The largest absolute Gasteiger partial charge is 0.493 e. The number of methoxy groups -OCH3 is 1. The van der Waals surface area contributed by atoms with E-state index < -0.39 is 6.23 Å². The number of thioether (sulfide) groups is 1. The summed E-state index contributed by atoms with van der Waals surface area (Å²) >= 11 is 1.46. The normalized spacial score (nSPS) is 15.3. The molecule has 1 amide bonds. The second-order valence-electron chi connectivity index (χ2n) is 8.36. The van der Waals surface area contributed by atoms with Gasteiger partial charge in [-0.3, -0.25) is 9.69 Å². The number of anilines is 1. The second kappa shape index (κ2) is 9.62. The molecule has 37 heavy (non-hydrogen) atoms. The van der Waals surface area contributed by atoms with Crippen LogP contribution in [0.3, 0.4) is 0 Å². The molecule has 0 saturated carbocycles. The van der Waals surface area contributed by atoms with Crippen LogP contribution in [0.5, 0.6) is 23.1 Å². The molecule has 0 spiro atoms. The Kier molecular flexibility index (Phi) is 6.01. The molecule has 3 heterocycles. The first-order valence-electron chi connectivity index (χ1n) is 11.6. The fourth-order valence-electron chi connectivity index (χ4n) is 4.35. The molecule has 1 aromatic heterocycles. The number of para-hydroxylation sites is 1. The van der Waals surface area contributed by atoms with Gasteiger partial charge in [-0.1, -0.05) is 60.3 Å². The molecule has 9 nitrogen and oxygen atoms in total. The van der Waals surface area contributed by atoms with Crippen molar-refractivity contribution in [1.82, 2.24) is 15.2 Å². The van der Waals surface area contributed by atoms with Gasteiger partial charge < -0.3 is 18.9 Å². The van der Waals surface area contributed by atoms with Gasteiger partial charge in [-0.15, -0.1) is 10.2 Å². The fraction of sp³-hybridized carbons (Fsp3) is 0.185. The first-order chi connectivity index (χ1) is 18.1. The Morgan fingerprint density at radius 2 is 1.89 bits per heavy atom. The van der Waals surface area contributed by atoms with E-state index >= 15 is 0 Å². The van der Waals surface area contributed by atoms with Crippen molar-refractivity contribution in [3.05, 3.63) is 77.9 Å². The number of carbonyl (C=O) groups is 1. The number of fused-ring (bicyclic) bond motifs is 4. The maximum absolute atomic E-state index is 13.1. The van der Waals surface area contributed by atoms with Crippen LogP contribution >= 0.6 is 11.8 Å². The van der Waals surface area contributed by atoms with E-state index in [0.717, 1.165) is 5.56 Å². The van der Waals surface area contributed by atoms with Crippen molar-refractivity contribution in [2.75, 3.05) is 18.8 Å². The summed E-state index contributed by atoms with van der Waals surface area (Å²) in [6, 6.07) is 21.1. The average molecular weight is 515 g/mol. The summed E-state index contributed by atoms with van der Waals surface area (Å²) in [7, 11) is 1.55. The zero-order valence-electron chi connectivity index (χ0n) is 20.1. The molecule has 186 valence electrons. The number of benzene rings is 3. The van der Waals surface area contributed by atoms with Crippen molar-refractivity contribution >= 4 is 23.4 Å². The summed E-state index contributed by atoms with van der Waals surface area (Å²) in [6.45, 7) is 1.58. The fourth-order valence-corrected chi connectivity index (χ4v) is 5.08. The molecule has 6 rings (SSSR count). The molecule has 10 heteroatoms. The molecule has 0 saturated heterocycles. The average Bonchev–Trinajstić information content (AvgIpc) is 3.35. The topological polar surface area (TPSA) is 95.9 Å². The number of rotatable bonds is 5. The van der Waals surface area contributed by atoms with E-state index in [2.05, 4.69) is 10.2 Å². The monoisotopic (exact) mass is 514 g/mol. The van der Waals surface area contributed by atoms with Crippen LogP contribution in [0.1, 0.15) is 24.3 Å². The summed E-state index contributed by atoms with van der Waals surface area (Å²) in [5.74, 6) is 2.25. The zero-order valence-corrected chi connectivity index (χ0v) is 20.9. The predicted molar refractivity (Wildman–Crippen MR) is 137 cm³/mol. The number of carbonyl (C=O) groups excluding carboxylic acids is 1. The van der Waals surface area contributed by atoms with Gasteiger partial charge >= 0.3 is 0 Å². The molecule has 3 aromatic carbocycles. The summed E-state index contributed by atoms with van der Waals surface area (Å²) in [4.78, 5) is 19.4. The van der Waals surface area contributed by atoms with E-state index in [4.69, 9.17) is 23.9 Å². The Labute approximate surface area is 217 Å². The van der Waals surface area contributed by atoms with Crippen molar-refractivity contribution < 1.29 is 23.7 Å². The molecular formula is C27H22N4O5S. The lowest BCUT2D eigenvalue weighted by molar-refractivity contribution is -0.118. The van der Waals surface area contributed by atoms with Crippen LogP contribution in [0.2, 0.25) is 0 Å². The van der Waals surface area contributed by atoms with E-state index in [1.54, 1.807) is 24.1 Å². The molecule has 0 bridgehead atoms. The smallest absolute Gasteiger partial charge is 0.247 e. The summed E-state index contributed by atoms with van der Waals surface area (Å²) in [5.41, 5.74) is 3.57. The minimum Gasteiger partial charge on any atom is -0.493 e. The van der Waals surface area contributed by atoms with Crippen molar-refractivity contribution in [1.29, 1.82) is 0 Å². The van der Waals surface area contributed by atoms with Crippen LogP contribution in [-0.4, -0.2) is 35.0 Å². The number of hydrogen-bond donors (Lipinski definition) is 0. The van der Waals surface area contributed by atoms with Gasteiger partial charge in [0.25, 0.3) is 0 Å². The number of hydrogen-bond acceptors (Lipinski definition) is 9. The lowest BCUT2D eigenvalue weighted by Crippen LogP contribution is -2.36. The van der Waals surface area contributed by atoms with Crippen LogP contribution in [0.25, 0.3) is 11.3 Å². The molecule has 4 aromatic rings. The quantitative estimate of drug-likeness (QED) is 0.341. The maximum Gasteiger partial charge on any atom is 0.247 e. The van der Waals surface area contributed by atoms with E-state index in [9.17, 15) is 4.79 Å². The second-order valence-corrected chi connectivity index (χ2v) is 9.30. The van der Waals surface area contributed by atoms with Crippen LogP contribution in [-0.2, 0) is 10.5 Å². The molecule has 0 aliphatic carbocycles. The van der Waals surface area contributed by atoms with Crippen LogP contribution in [0, 0.1) is 0 Å². The van der Waals surface area contributed by atoms with Crippen molar-refractivity contribution in [2.45, 2.75) is 24.1 Å². The summed E-state index contributed by atoms with van der Waals surface area (Å²) in [5, 5.41) is 9.30. The van der Waals surface area contributed by atoms with Gasteiger partial charge in [-0.05, 0) is 23.8 Å². The summed E-state index contributed by atoms with van der Waals surface area (Å²) in [6.07, 6.45) is -0.869. The lowest BCUT2D eigenvalue weighted by Gasteiger charge is -2.30. The number of amides is 1. The highest BCUT2D eigenvalue weighted by molar-refractivity contribution is 7.98. The third-order valence-electron chi connectivity index (χ3n) is 6.03.